The molecule has 92 heavy (non-hydrogen) atoms. The summed E-state index contributed by atoms with van der Waals surface area (Å²) in [4.78, 5) is 186. The van der Waals surface area contributed by atoms with Crippen LogP contribution in [0.2, 0.25) is 0 Å². The number of rotatable bonds is 17. The second-order valence-corrected chi connectivity index (χ2v) is 29.1. The molecular formula is C68H122N10O14. The maximum Gasteiger partial charge on any atom is 0.409 e. The predicted molar refractivity (Wildman–Crippen MR) is 355 cm³/mol. The number of hydrogen-bond acceptors (Lipinski definition) is 14. The number of ether oxygens (including phenoxy) is 1. The highest BCUT2D eigenvalue weighted by Crippen LogP contribution is 2.33. The molecule has 0 spiro atoms. The lowest BCUT2D eigenvalue weighted by Gasteiger charge is -2.42. The van der Waals surface area contributed by atoms with E-state index in [9.17, 15) is 38.7 Å². The lowest BCUT2D eigenvalue weighted by Crippen LogP contribution is -2.64. The molecule has 0 unspecified atom stereocenters. The molecule has 1 fully saturated rings. The van der Waals surface area contributed by atoms with Gasteiger partial charge in [-0.25, -0.2) is 4.79 Å². The zero-order chi connectivity index (χ0) is 71.6. The molecule has 0 aromatic rings. The van der Waals surface area contributed by atoms with Gasteiger partial charge in [0.25, 0.3) is 0 Å². The second kappa shape index (κ2) is 37.0. The van der Waals surface area contributed by atoms with Gasteiger partial charge in [-0.15, -0.1) is 0 Å². The number of aliphatic hydroxyl groups excluding tert-OH is 1. The Balaban J connectivity index is 4.51. The van der Waals surface area contributed by atoms with Crippen LogP contribution in [0.5, 0.6) is 0 Å². The second-order valence-electron chi connectivity index (χ2n) is 29.1. The third-order valence-electron chi connectivity index (χ3n) is 18.3. The molecule has 1 saturated heterocycles. The SMILES string of the molecule is CCCC[C@@H](C)[C@@H](O)[C@H]1C(=O)N[C@@H](CC)C(=O)N(C)[C@H](C)C(=O)N(C)[C@@H](C(C)(C)COC(=O)N(C)C)C(=O)C[C@@H](C(C)C)C(=O)N(C)[C@@H](CC(C)C)C(=O)C[C@@H](C)C(=O)N[C@H](C)C(=O)N(C)[C@@H](CC(C)C)C(=O)N(C)[C@@H](CC(C)C)C(=O)N(C)[C@@H](C(C)C)C(=O)N1C. The van der Waals surface area contributed by atoms with Gasteiger partial charge < -0.3 is 59.7 Å². The third-order valence-corrected chi connectivity index (χ3v) is 18.3. The highest BCUT2D eigenvalue weighted by Gasteiger charge is 2.48. The van der Waals surface area contributed by atoms with Crippen LogP contribution in [0.4, 0.5) is 4.79 Å². The number of aliphatic hydroxyl groups is 1. The van der Waals surface area contributed by atoms with E-state index in [1.54, 1.807) is 55.4 Å². The fraction of sp³-hybridized carbons (Fsp3) is 0.824. The van der Waals surface area contributed by atoms with E-state index >= 15 is 24.0 Å². The Morgan fingerprint density at radius 3 is 1.48 bits per heavy atom. The van der Waals surface area contributed by atoms with Crippen molar-refractivity contribution in [2.24, 2.45) is 52.8 Å². The maximum atomic E-state index is 15.3. The van der Waals surface area contributed by atoms with Crippen molar-refractivity contribution in [1.29, 1.82) is 0 Å². The summed E-state index contributed by atoms with van der Waals surface area (Å²) >= 11 is 0. The molecule has 0 aliphatic carbocycles. The first-order chi connectivity index (χ1) is 42.3. The van der Waals surface area contributed by atoms with Gasteiger partial charge in [0.2, 0.25) is 53.2 Å². The van der Waals surface area contributed by atoms with Crippen molar-refractivity contribution >= 4 is 70.8 Å². The van der Waals surface area contributed by atoms with Crippen molar-refractivity contribution in [3.05, 3.63) is 0 Å². The van der Waals surface area contributed by atoms with Crippen LogP contribution in [-0.4, -0.2) is 246 Å². The number of Topliss-reactive ketones (excluding diaryl/α,β-unsaturated/α-hetero) is 2. The van der Waals surface area contributed by atoms with Crippen molar-refractivity contribution in [1.82, 2.24) is 49.8 Å². The van der Waals surface area contributed by atoms with E-state index in [1.807, 2.05) is 48.5 Å². The Morgan fingerprint density at radius 1 is 0.554 bits per heavy atom. The van der Waals surface area contributed by atoms with Crippen LogP contribution in [0.1, 0.15) is 182 Å². The van der Waals surface area contributed by atoms with Crippen LogP contribution < -0.4 is 10.6 Å². The van der Waals surface area contributed by atoms with Gasteiger partial charge in [-0.2, -0.15) is 0 Å². The molecular weight excluding hydrogens is 1180 g/mol. The minimum Gasteiger partial charge on any atom is -0.449 e. The first-order valence-corrected chi connectivity index (χ1v) is 33.3. The Kier molecular flexibility index (Phi) is 33.7. The van der Waals surface area contributed by atoms with Crippen molar-refractivity contribution in [3.63, 3.8) is 0 Å². The molecule has 1 heterocycles. The van der Waals surface area contributed by atoms with Gasteiger partial charge >= 0.3 is 6.09 Å². The van der Waals surface area contributed by atoms with E-state index in [4.69, 9.17) is 4.74 Å². The number of carbonyl (C=O) groups is 12. The minimum absolute atomic E-state index is 0.0179. The molecule has 13 atom stereocenters. The van der Waals surface area contributed by atoms with E-state index in [-0.39, 0.29) is 56.5 Å². The average Bonchev–Trinajstić information content (AvgIpc) is 0.805. The van der Waals surface area contributed by atoms with Gasteiger partial charge in [-0.1, -0.05) is 124 Å². The topological polar surface area (TPSA) is 284 Å². The van der Waals surface area contributed by atoms with Crippen LogP contribution in [0.15, 0.2) is 0 Å². The van der Waals surface area contributed by atoms with Crippen LogP contribution in [0.25, 0.3) is 0 Å². The van der Waals surface area contributed by atoms with E-state index < -0.39 is 173 Å². The molecule has 0 radical (unpaired) electrons. The fourth-order valence-corrected chi connectivity index (χ4v) is 12.3. The summed E-state index contributed by atoms with van der Waals surface area (Å²) in [7, 11) is 12.9. The van der Waals surface area contributed by atoms with E-state index in [0.29, 0.717) is 12.8 Å². The lowest BCUT2D eigenvalue weighted by molar-refractivity contribution is -0.157. The standard InChI is InChI=1S/C68H122N10O14/c1-28-30-31-43(13)56(81)55-59(83)70-48(29-2)63(87)72(21)46(16)61(85)78(27)57(68(17,18)37-92-67(91)71(19)20)53(80)36-47(41(9)10)62(86)73(22)49(32-38(3)4)52(79)35-44(14)58(82)69-45(15)60(84)74(23)50(33-39(5)6)64(88)75(24)51(34-40(7)8)65(89)76(25)54(42(11)12)66(90)77(55)26/h38-51,54-57,81H,28-37H2,1-27H3,(H,69,82)(H,70,83)/t43-,44-,45-,46-,47+,48+,49+,50+,51+,54+,55+,56-,57-/m1/s1. The summed E-state index contributed by atoms with van der Waals surface area (Å²) in [6.07, 6.45) is -0.605. The first kappa shape index (κ1) is 83.8. The first-order valence-electron chi connectivity index (χ1n) is 33.3. The van der Waals surface area contributed by atoms with Crippen LogP contribution in [-0.2, 0) is 57.5 Å². The highest BCUT2D eigenvalue weighted by atomic mass is 16.6. The predicted octanol–water partition coefficient (Wildman–Crippen LogP) is 5.74. The van der Waals surface area contributed by atoms with Crippen LogP contribution in [0, 0.1) is 52.8 Å². The Morgan fingerprint density at radius 2 is 1.02 bits per heavy atom. The monoisotopic (exact) mass is 1300 g/mol. The number of nitrogens with one attached hydrogen (secondary N) is 2. The van der Waals surface area contributed by atoms with Gasteiger partial charge in [0.15, 0.2) is 11.6 Å². The van der Waals surface area contributed by atoms with Crippen LogP contribution in [0.3, 0.4) is 0 Å². The molecule has 0 saturated carbocycles. The summed E-state index contributed by atoms with van der Waals surface area (Å²) < 4.78 is 5.64. The zero-order valence-corrected chi connectivity index (χ0v) is 61.3. The Hall–Kier alpha value is -6.20. The number of unbranched alkanes of at least 4 members (excludes halogenated alkanes) is 1. The molecule has 24 nitrogen and oxygen atoms in total. The van der Waals surface area contributed by atoms with Gasteiger partial charge in [0, 0.05) is 93.5 Å². The summed E-state index contributed by atoms with van der Waals surface area (Å²) in [5, 5.41) is 17.8. The van der Waals surface area contributed by atoms with E-state index in [1.165, 1.54) is 114 Å². The van der Waals surface area contributed by atoms with Crippen molar-refractivity contribution in [2.75, 3.05) is 70.0 Å². The number of carbonyl (C=O) groups excluding carboxylic acids is 12. The van der Waals surface area contributed by atoms with Crippen molar-refractivity contribution < 1.29 is 67.4 Å². The summed E-state index contributed by atoms with van der Waals surface area (Å²) in [6, 6.07) is -11.5. The number of amides is 10. The largest absolute Gasteiger partial charge is 0.449 e. The van der Waals surface area contributed by atoms with Crippen LogP contribution >= 0.6 is 0 Å². The molecule has 1 rings (SSSR count). The van der Waals surface area contributed by atoms with E-state index in [0.717, 1.165) is 16.2 Å². The Bertz CT molecular complexity index is 2540. The molecule has 0 aromatic carbocycles. The number of likely N-dealkylation sites (N-methyl/N-ethyl adjacent to an activating group) is 7. The Labute approximate surface area is 551 Å². The van der Waals surface area contributed by atoms with Gasteiger partial charge in [-0.05, 0) is 81.5 Å². The molecule has 1 aliphatic heterocycles. The quantitative estimate of drug-likeness (QED) is 0.157. The molecule has 0 aromatic heterocycles. The van der Waals surface area contributed by atoms with Gasteiger partial charge in [-0.3, -0.25) is 52.7 Å². The molecule has 1 aliphatic rings. The number of ketones is 2. The number of hydrogen-bond donors (Lipinski definition) is 3. The number of nitrogens with zero attached hydrogens (tertiary/aromatic N) is 8. The minimum atomic E-state index is -1.62. The molecule has 10 amide bonds. The molecule has 0 bridgehead atoms. The summed E-state index contributed by atoms with van der Waals surface area (Å²) in [6.45, 7) is 30.9. The summed E-state index contributed by atoms with van der Waals surface area (Å²) in [5.74, 6) is -11.3. The smallest absolute Gasteiger partial charge is 0.409 e. The highest BCUT2D eigenvalue weighted by molar-refractivity contribution is 6.00. The van der Waals surface area contributed by atoms with Crippen molar-refractivity contribution in [2.45, 2.75) is 243 Å². The van der Waals surface area contributed by atoms with Gasteiger partial charge in [0.05, 0.1) is 18.2 Å². The maximum absolute atomic E-state index is 15.3. The zero-order valence-electron chi connectivity index (χ0n) is 61.3. The molecule has 24 heteroatoms. The van der Waals surface area contributed by atoms with E-state index in [2.05, 4.69) is 10.6 Å². The lowest BCUT2D eigenvalue weighted by atomic mass is 9.77. The van der Waals surface area contributed by atoms with Gasteiger partial charge in [0.1, 0.15) is 48.9 Å². The summed E-state index contributed by atoms with van der Waals surface area (Å²) in [5.41, 5.74) is -1.34. The molecule has 3 N–H and O–H groups in total. The average molecular weight is 1300 g/mol. The fourth-order valence-electron chi connectivity index (χ4n) is 12.3. The third kappa shape index (κ3) is 22.5. The normalized spacial score (nSPS) is 26.7. The van der Waals surface area contributed by atoms with Crippen molar-refractivity contribution in [3.8, 4) is 0 Å². The molecule has 528 valence electrons.